The van der Waals surface area contributed by atoms with E-state index in [1.807, 2.05) is 31.2 Å². The maximum absolute atomic E-state index is 12.7. The van der Waals surface area contributed by atoms with Gasteiger partial charge in [-0.1, -0.05) is 25.5 Å². The van der Waals surface area contributed by atoms with Gasteiger partial charge in [0.05, 0.1) is 19.8 Å². The molecule has 0 spiro atoms. The monoisotopic (exact) mass is 385 g/mol. The highest BCUT2D eigenvalue weighted by molar-refractivity contribution is 5.95. The van der Waals surface area contributed by atoms with Gasteiger partial charge in [-0.15, -0.1) is 0 Å². The van der Waals surface area contributed by atoms with Crippen LogP contribution in [-0.4, -0.2) is 38.4 Å². The molecule has 28 heavy (non-hydrogen) atoms. The fourth-order valence-corrected chi connectivity index (χ4v) is 2.92. The number of hydrogen-bond donors (Lipinski definition) is 1. The third-order valence-corrected chi connectivity index (χ3v) is 4.63. The number of rotatable bonds is 8. The van der Waals surface area contributed by atoms with Crippen LogP contribution in [-0.2, 0) is 0 Å². The molecule has 6 heteroatoms. The Morgan fingerprint density at radius 2 is 2.00 bits per heavy atom. The molecule has 0 bridgehead atoms. The van der Waals surface area contributed by atoms with Gasteiger partial charge in [0, 0.05) is 5.56 Å². The lowest BCUT2D eigenvalue weighted by Crippen LogP contribution is -2.48. The van der Waals surface area contributed by atoms with E-state index in [-0.39, 0.29) is 18.1 Å². The third-order valence-electron chi connectivity index (χ3n) is 4.63. The summed E-state index contributed by atoms with van der Waals surface area (Å²) in [5.41, 5.74) is 0.503. The quantitative estimate of drug-likeness (QED) is 0.700. The van der Waals surface area contributed by atoms with Gasteiger partial charge in [-0.05, 0) is 43.7 Å². The minimum atomic E-state index is -0.266. The Kier molecular flexibility index (Phi) is 6.63. The summed E-state index contributed by atoms with van der Waals surface area (Å²) >= 11 is 0. The number of benzene rings is 2. The molecule has 150 valence electrons. The molecule has 0 saturated carbocycles. The lowest BCUT2D eigenvalue weighted by Gasteiger charge is -2.30. The molecular weight excluding hydrogens is 358 g/mol. The number of carbonyl (C=O) groups is 1. The molecule has 2 atom stereocenters. The lowest BCUT2D eigenvalue weighted by molar-refractivity contribution is 0.0606. The van der Waals surface area contributed by atoms with E-state index in [0.29, 0.717) is 36.0 Å². The predicted octanol–water partition coefficient (Wildman–Crippen LogP) is 3.83. The van der Waals surface area contributed by atoms with Crippen molar-refractivity contribution in [3.8, 4) is 23.0 Å². The molecule has 1 aliphatic rings. The van der Waals surface area contributed by atoms with Crippen molar-refractivity contribution in [2.24, 2.45) is 0 Å². The first kappa shape index (κ1) is 19.9. The number of methoxy groups -OCH3 is 1. The Morgan fingerprint density at radius 3 is 2.75 bits per heavy atom. The zero-order valence-electron chi connectivity index (χ0n) is 16.6. The van der Waals surface area contributed by atoms with Crippen molar-refractivity contribution in [2.75, 3.05) is 20.3 Å². The van der Waals surface area contributed by atoms with E-state index in [0.717, 1.165) is 18.6 Å². The van der Waals surface area contributed by atoms with Gasteiger partial charge >= 0.3 is 0 Å². The van der Waals surface area contributed by atoms with Crippen LogP contribution < -0.4 is 24.3 Å². The highest BCUT2D eigenvalue weighted by atomic mass is 16.6. The topological polar surface area (TPSA) is 66.0 Å². The maximum Gasteiger partial charge on any atom is 0.251 e. The molecule has 6 nitrogen and oxygen atoms in total. The van der Waals surface area contributed by atoms with Crippen molar-refractivity contribution in [2.45, 2.75) is 38.8 Å². The first-order chi connectivity index (χ1) is 13.6. The molecule has 1 N–H and O–H groups in total. The number of ether oxygens (including phenoxy) is 4. The molecule has 1 aliphatic heterocycles. The van der Waals surface area contributed by atoms with Crippen LogP contribution >= 0.6 is 0 Å². The van der Waals surface area contributed by atoms with Crippen LogP contribution in [0.15, 0.2) is 42.5 Å². The van der Waals surface area contributed by atoms with E-state index < -0.39 is 0 Å². The van der Waals surface area contributed by atoms with Gasteiger partial charge in [0.15, 0.2) is 29.1 Å². The second-order valence-corrected chi connectivity index (χ2v) is 6.74. The summed E-state index contributed by atoms with van der Waals surface area (Å²) in [6.45, 7) is 5.01. The third kappa shape index (κ3) is 4.68. The van der Waals surface area contributed by atoms with Gasteiger partial charge in [0.1, 0.15) is 6.61 Å². The Labute approximate surface area is 165 Å². The van der Waals surface area contributed by atoms with E-state index in [1.54, 1.807) is 25.3 Å². The molecule has 1 amide bonds. The number of unbranched alkanes of at least 4 members (excludes halogenated alkanes) is 1. The Balaban J connectivity index is 1.62. The largest absolute Gasteiger partial charge is 0.493 e. The molecule has 0 radical (unpaired) electrons. The Hall–Kier alpha value is -2.89. The van der Waals surface area contributed by atoms with E-state index in [9.17, 15) is 4.79 Å². The van der Waals surface area contributed by atoms with Crippen molar-refractivity contribution in [1.29, 1.82) is 0 Å². The minimum absolute atomic E-state index is 0.201. The van der Waals surface area contributed by atoms with Crippen molar-refractivity contribution < 1.29 is 23.7 Å². The van der Waals surface area contributed by atoms with Gasteiger partial charge < -0.3 is 24.3 Å². The van der Waals surface area contributed by atoms with Gasteiger partial charge in [-0.25, -0.2) is 0 Å². The van der Waals surface area contributed by atoms with Crippen LogP contribution in [0.5, 0.6) is 23.0 Å². The summed E-state index contributed by atoms with van der Waals surface area (Å²) in [5, 5.41) is 2.98. The molecule has 2 aromatic rings. The highest BCUT2D eigenvalue weighted by Crippen LogP contribution is 2.32. The van der Waals surface area contributed by atoms with Crippen molar-refractivity contribution in [3.05, 3.63) is 48.0 Å². The molecule has 2 aromatic carbocycles. The number of hydrogen-bond acceptors (Lipinski definition) is 5. The highest BCUT2D eigenvalue weighted by Gasteiger charge is 2.27. The summed E-state index contributed by atoms with van der Waals surface area (Å²) in [5.74, 6) is 2.40. The zero-order valence-corrected chi connectivity index (χ0v) is 16.6. The number of para-hydroxylation sites is 2. The summed E-state index contributed by atoms with van der Waals surface area (Å²) in [6.07, 6.45) is 1.76. The normalized spacial score (nSPS) is 16.2. The second kappa shape index (κ2) is 9.35. The number of amides is 1. The lowest BCUT2D eigenvalue weighted by atomic mass is 10.1. The molecule has 0 unspecified atom stereocenters. The van der Waals surface area contributed by atoms with Crippen LogP contribution in [0.2, 0.25) is 0 Å². The van der Waals surface area contributed by atoms with E-state index >= 15 is 0 Å². The molecule has 1 heterocycles. The SMILES string of the molecule is CCCCOc1ccc(C(=O)N[C@@H](C)[C@H]2COc3ccccc3O2)cc1OC. The fourth-order valence-electron chi connectivity index (χ4n) is 2.92. The van der Waals surface area contributed by atoms with Crippen molar-refractivity contribution >= 4 is 5.91 Å². The summed E-state index contributed by atoms with van der Waals surface area (Å²) in [4.78, 5) is 12.7. The van der Waals surface area contributed by atoms with Crippen LogP contribution in [0.1, 0.15) is 37.0 Å². The van der Waals surface area contributed by atoms with Crippen LogP contribution in [0.4, 0.5) is 0 Å². The van der Waals surface area contributed by atoms with Gasteiger partial charge in [0.25, 0.3) is 5.91 Å². The van der Waals surface area contributed by atoms with E-state index in [2.05, 4.69) is 12.2 Å². The second-order valence-electron chi connectivity index (χ2n) is 6.74. The smallest absolute Gasteiger partial charge is 0.251 e. The van der Waals surface area contributed by atoms with Gasteiger partial charge in [-0.3, -0.25) is 4.79 Å². The van der Waals surface area contributed by atoms with Crippen LogP contribution in [0.3, 0.4) is 0 Å². The number of carbonyl (C=O) groups excluding carboxylic acids is 1. The van der Waals surface area contributed by atoms with E-state index in [1.165, 1.54) is 0 Å². The first-order valence-corrected chi connectivity index (χ1v) is 9.62. The molecule has 0 aromatic heterocycles. The molecule has 3 rings (SSSR count). The Bertz CT molecular complexity index is 807. The summed E-state index contributed by atoms with van der Waals surface area (Å²) in [7, 11) is 1.57. The van der Waals surface area contributed by atoms with Crippen molar-refractivity contribution in [1.82, 2.24) is 5.32 Å². The first-order valence-electron chi connectivity index (χ1n) is 9.62. The average molecular weight is 385 g/mol. The number of fused-ring (bicyclic) bond motifs is 1. The summed E-state index contributed by atoms with van der Waals surface area (Å²) in [6, 6.07) is 12.5. The fraction of sp³-hybridized carbons (Fsp3) is 0.409. The van der Waals surface area contributed by atoms with Crippen LogP contribution in [0, 0.1) is 0 Å². The molecule has 0 saturated heterocycles. The number of nitrogens with one attached hydrogen (secondary N) is 1. The Morgan fingerprint density at radius 1 is 1.21 bits per heavy atom. The van der Waals surface area contributed by atoms with Crippen molar-refractivity contribution in [3.63, 3.8) is 0 Å². The molecular formula is C22H27NO5. The average Bonchev–Trinajstić information content (AvgIpc) is 2.73. The standard InChI is InChI=1S/C22H27NO5/c1-4-5-12-26-18-11-10-16(13-20(18)25-3)22(24)23-15(2)21-14-27-17-8-6-7-9-19(17)28-21/h6-11,13,15,21H,4-5,12,14H2,1-3H3,(H,23,24)/t15-,21+/m0/s1. The van der Waals surface area contributed by atoms with Gasteiger partial charge in [-0.2, -0.15) is 0 Å². The van der Waals surface area contributed by atoms with Crippen LogP contribution in [0.25, 0.3) is 0 Å². The zero-order chi connectivity index (χ0) is 19.9. The molecule has 0 fully saturated rings. The minimum Gasteiger partial charge on any atom is -0.493 e. The maximum atomic E-state index is 12.7. The van der Waals surface area contributed by atoms with Gasteiger partial charge in [0.2, 0.25) is 0 Å². The van der Waals surface area contributed by atoms with E-state index in [4.69, 9.17) is 18.9 Å². The molecule has 0 aliphatic carbocycles. The predicted molar refractivity (Wildman–Crippen MR) is 107 cm³/mol. The summed E-state index contributed by atoms with van der Waals surface area (Å²) < 4.78 is 22.8.